The van der Waals surface area contributed by atoms with Crippen LogP contribution in [0.5, 0.6) is 5.75 Å². The van der Waals surface area contributed by atoms with E-state index in [2.05, 4.69) is 14.9 Å². The molecule has 2 aromatic carbocycles. The van der Waals surface area contributed by atoms with E-state index in [0.717, 1.165) is 32.5 Å². The number of anilines is 1. The molecule has 0 bridgehead atoms. The Morgan fingerprint density at radius 3 is 2.43 bits per heavy atom. The van der Waals surface area contributed by atoms with Gasteiger partial charge in [0.1, 0.15) is 10.6 Å². The third-order valence-electron chi connectivity index (χ3n) is 5.43. The Hall–Kier alpha value is -2.42. The highest BCUT2D eigenvalue weighted by Gasteiger charge is 2.30. The lowest BCUT2D eigenvalue weighted by Gasteiger charge is -2.15. The molecule has 0 atom stereocenters. The second-order valence-corrected chi connectivity index (χ2v) is 9.58. The van der Waals surface area contributed by atoms with E-state index in [4.69, 9.17) is 4.74 Å². The number of likely N-dealkylation sites (tertiary alicyclic amines) is 1. The summed E-state index contributed by atoms with van der Waals surface area (Å²) in [5.74, 6) is -0.154. The van der Waals surface area contributed by atoms with Crippen LogP contribution in [0.15, 0.2) is 47.4 Å². The van der Waals surface area contributed by atoms with Crippen LogP contribution in [0.4, 0.5) is 5.69 Å². The Balaban J connectivity index is 1.46. The molecule has 7 nitrogen and oxygen atoms in total. The first-order valence-corrected chi connectivity index (χ1v) is 11.8. The molecule has 1 saturated carbocycles. The Morgan fingerprint density at radius 2 is 1.80 bits per heavy atom. The van der Waals surface area contributed by atoms with Crippen LogP contribution in [0.2, 0.25) is 0 Å². The second kappa shape index (κ2) is 8.75. The molecule has 1 aliphatic heterocycles. The fourth-order valence-corrected chi connectivity index (χ4v) is 5.11. The molecule has 2 aliphatic rings. The normalized spacial score (nSPS) is 17.1. The lowest BCUT2D eigenvalue weighted by molar-refractivity contribution is 0.102. The molecule has 1 saturated heterocycles. The van der Waals surface area contributed by atoms with E-state index in [1.54, 1.807) is 6.07 Å². The number of sulfonamides is 1. The highest BCUT2D eigenvalue weighted by molar-refractivity contribution is 7.89. The van der Waals surface area contributed by atoms with Crippen molar-refractivity contribution in [2.75, 3.05) is 25.5 Å². The van der Waals surface area contributed by atoms with E-state index in [9.17, 15) is 13.2 Å². The number of amides is 1. The monoisotopic (exact) mass is 429 g/mol. The van der Waals surface area contributed by atoms with Gasteiger partial charge in [0.05, 0.1) is 7.11 Å². The number of methoxy groups -OCH3 is 1. The predicted octanol–water partition coefficient (Wildman–Crippen LogP) is 2.98. The third kappa shape index (κ3) is 5.00. The zero-order chi connectivity index (χ0) is 21.1. The highest BCUT2D eigenvalue weighted by Crippen LogP contribution is 2.28. The maximum atomic E-state index is 12.7. The molecule has 2 N–H and O–H groups in total. The molecule has 8 heteroatoms. The van der Waals surface area contributed by atoms with Gasteiger partial charge < -0.3 is 10.1 Å². The number of carbonyl (C=O) groups is 1. The van der Waals surface area contributed by atoms with Crippen LogP contribution in [0, 0.1) is 0 Å². The summed E-state index contributed by atoms with van der Waals surface area (Å²) in [6.45, 7) is 3.19. The van der Waals surface area contributed by atoms with Crippen molar-refractivity contribution in [1.82, 2.24) is 9.62 Å². The third-order valence-corrected chi connectivity index (χ3v) is 6.97. The molecule has 160 valence electrons. The molecular weight excluding hydrogens is 402 g/mol. The second-order valence-electron chi connectivity index (χ2n) is 7.90. The maximum Gasteiger partial charge on any atom is 0.255 e. The largest absolute Gasteiger partial charge is 0.495 e. The number of carbonyl (C=O) groups excluding carboxylic acids is 1. The van der Waals surface area contributed by atoms with Gasteiger partial charge in [-0.15, -0.1) is 0 Å². The molecule has 30 heavy (non-hydrogen) atoms. The summed E-state index contributed by atoms with van der Waals surface area (Å²) in [6, 6.07) is 12.2. The van der Waals surface area contributed by atoms with E-state index in [1.165, 1.54) is 37.6 Å². The Kier molecular flexibility index (Phi) is 6.08. The average Bonchev–Trinajstić information content (AvgIpc) is 3.39. The summed E-state index contributed by atoms with van der Waals surface area (Å²) in [5, 5.41) is 2.84. The van der Waals surface area contributed by atoms with Crippen molar-refractivity contribution in [3.8, 4) is 5.75 Å². The smallest absolute Gasteiger partial charge is 0.255 e. The van der Waals surface area contributed by atoms with Crippen molar-refractivity contribution in [3.05, 3.63) is 53.6 Å². The number of ether oxygens (including phenoxy) is 1. The van der Waals surface area contributed by atoms with Gasteiger partial charge in [0.25, 0.3) is 5.91 Å². The molecule has 0 radical (unpaired) electrons. The number of hydrogen-bond acceptors (Lipinski definition) is 5. The summed E-state index contributed by atoms with van der Waals surface area (Å²) in [4.78, 5) is 15.1. The average molecular weight is 430 g/mol. The first-order chi connectivity index (χ1) is 14.4. The number of nitrogens with zero attached hydrogens (tertiary/aromatic N) is 1. The van der Waals surface area contributed by atoms with Crippen LogP contribution in [0.3, 0.4) is 0 Å². The molecule has 1 aliphatic carbocycles. The molecule has 1 amide bonds. The van der Waals surface area contributed by atoms with Crippen LogP contribution in [-0.4, -0.2) is 45.5 Å². The molecule has 2 aromatic rings. The first-order valence-electron chi connectivity index (χ1n) is 10.3. The van der Waals surface area contributed by atoms with Crippen molar-refractivity contribution in [3.63, 3.8) is 0 Å². The fraction of sp³-hybridized carbons (Fsp3) is 0.409. The number of hydrogen-bond donors (Lipinski definition) is 2. The van der Waals surface area contributed by atoms with Gasteiger partial charge in [0.15, 0.2) is 0 Å². The van der Waals surface area contributed by atoms with E-state index in [1.807, 2.05) is 24.3 Å². The fourth-order valence-electron chi connectivity index (χ4n) is 3.61. The summed E-state index contributed by atoms with van der Waals surface area (Å²) >= 11 is 0. The molecular formula is C22H27N3O4S. The molecule has 0 aromatic heterocycles. The van der Waals surface area contributed by atoms with Gasteiger partial charge in [0.2, 0.25) is 10.0 Å². The number of rotatable bonds is 8. The molecule has 1 heterocycles. The van der Waals surface area contributed by atoms with E-state index >= 15 is 0 Å². The zero-order valence-electron chi connectivity index (χ0n) is 17.1. The number of benzene rings is 2. The van der Waals surface area contributed by atoms with E-state index < -0.39 is 10.0 Å². The first kappa shape index (κ1) is 20.8. The van der Waals surface area contributed by atoms with Gasteiger partial charge in [-0.05, 0) is 74.7 Å². The van der Waals surface area contributed by atoms with Gasteiger partial charge in [-0.3, -0.25) is 9.69 Å². The molecule has 0 unspecified atom stereocenters. The van der Waals surface area contributed by atoms with Crippen molar-refractivity contribution >= 4 is 21.6 Å². The summed E-state index contributed by atoms with van der Waals surface area (Å²) in [7, 11) is -2.33. The van der Waals surface area contributed by atoms with Crippen LogP contribution >= 0.6 is 0 Å². The lowest BCUT2D eigenvalue weighted by Crippen LogP contribution is -2.26. The van der Waals surface area contributed by atoms with E-state index in [-0.39, 0.29) is 28.2 Å². The van der Waals surface area contributed by atoms with Gasteiger partial charge in [-0.2, -0.15) is 0 Å². The SMILES string of the molecule is COc1ccc(C(=O)Nc2ccc(CN3CCCC3)cc2)cc1S(=O)(=O)NC1CC1. The topological polar surface area (TPSA) is 87.7 Å². The maximum absolute atomic E-state index is 12.7. The van der Waals surface area contributed by atoms with Crippen LogP contribution in [0.1, 0.15) is 41.6 Å². The van der Waals surface area contributed by atoms with Gasteiger partial charge in [-0.1, -0.05) is 12.1 Å². The van der Waals surface area contributed by atoms with Crippen molar-refractivity contribution in [1.29, 1.82) is 0 Å². The molecule has 2 fully saturated rings. The van der Waals surface area contributed by atoms with Crippen LogP contribution < -0.4 is 14.8 Å². The van der Waals surface area contributed by atoms with Crippen molar-refractivity contribution in [2.24, 2.45) is 0 Å². The predicted molar refractivity (Wildman–Crippen MR) is 115 cm³/mol. The minimum Gasteiger partial charge on any atom is -0.495 e. The Bertz CT molecular complexity index is 1010. The minimum atomic E-state index is -3.75. The van der Waals surface area contributed by atoms with Gasteiger partial charge in [-0.25, -0.2) is 13.1 Å². The molecule has 0 spiro atoms. The van der Waals surface area contributed by atoms with Crippen LogP contribution in [-0.2, 0) is 16.6 Å². The zero-order valence-corrected chi connectivity index (χ0v) is 17.9. The molecule has 4 rings (SSSR count). The Morgan fingerprint density at radius 1 is 1.10 bits per heavy atom. The quantitative estimate of drug-likeness (QED) is 0.674. The summed E-state index contributed by atoms with van der Waals surface area (Å²) in [6.07, 6.45) is 4.17. The summed E-state index contributed by atoms with van der Waals surface area (Å²) in [5.41, 5.74) is 2.13. The van der Waals surface area contributed by atoms with Gasteiger partial charge >= 0.3 is 0 Å². The minimum absolute atomic E-state index is 0.0227. The van der Waals surface area contributed by atoms with Crippen LogP contribution in [0.25, 0.3) is 0 Å². The standard InChI is InChI=1S/C22H27N3O4S/c1-29-20-11-6-17(14-21(20)30(27,28)24-19-9-10-19)22(26)23-18-7-4-16(5-8-18)15-25-12-2-3-13-25/h4-8,11,14,19,24H,2-3,9-10,12-13,15H2,1H3,(H,23,26). The van der Waals surface area contributed by atoms with Crippen molar-refractivity contribution < 1.29 is 17.9 Å². The lowest BCUT2D eigenvalue weighted by atomic mass is 10.1. The Labute approximate surface area is 177 Å². The van der Waals surface area contributed by atoms with Crippen molar-refractivity contribution in [2.45, 2.75) is 43.2 Å². The number of nitrogens with one attached hydrogen (secondary N) is 2. The van der Waals surface area contributed by atoms with E-state index in [0.29, 0.717) is 5.69 Å². The summed E-state index contributed by atoms with van der Waals surface area (Å²) < 4.78 is 33.1. The van der Waals surface area contributed by atoms with Gasteiger partial charge in [0, 0.05) is 23.8 Å². The highest BCUT2D eigenvalue weighted by atomic mass is 32.2.